The first-order valence-electron chi connectivity index (χ1n) is 9.29. The van der Waals surface area contributed by atoms with Crippen LogP contribution >= 0.6 is 0 Å². The molecule has 0 saturated heterocycles. The summed E-state index contributed by atoms with van der Waals surface area (Å²) in [6.45, 7) is 1.92. The summed E-state index contributed by atoms with van der Waals surface area (Å²) in [5.41, 5.74) is 2.52. The maximum absolute atomic E-state index is 13.0. The predicted molar refractivity (Wildman–Crippen MR) is 114 cm³/mol. The van der Waals surface area contributed by atoms with E-state index in [0.29, 0.717) is 17.0 Å². The summed E-state index contributed by atoms with van der Waals surface area (Å²) in [6, 6.07) is 22.6. The molecule has 6 nitrogen and oxygen atoms in total. The molecule has 6 heteroatoms. The smallest absolute Gasteiger partial charge is 0.335 e. The van der Waals surface area contributed by atoms with Gasteiger partial charge in [0.05, 0.1) is 11.1 Å². The van der Waals surface area contributed by atoms with E-state index in [1.165, 1.54) is 24.3 Å². The van der Waals surface area contributed by atoms with Crippen LogP contribution in [0.4, 0.5) is 5.69 Å². The largest absolute Gasteiger partial charge is 0.478 e. The van der Waals surface area contributed by atoms with Gasteiger partial charge in [0.25, 0.3) is 5.91 Å². The lowest BCUT2D eigenvalue weighted by atomic mass is 10.1. The first kappa shape index (κ1) is 19.1. The molecule has 0 atom stereocenters. The fourth-order valence-corrected chi connectivity index (χ4v) is 3.01. The first-order chi connectivity index (χ1) is 14.5. The van der Waals surface area contributed by atoms with Gasteiger partial charge >= 0.3 is 5.97 Å². The van der Waals surface area contributed by atoms with Gasteiger partial charge in [0.1, 0.15) is 11.3 Å². The predicted octanol–water partition coefficient (Wildman–Crippen LogP) is 5.29. The number of ether oxygens (including phenoxy) is 1. The molecule has 1 aromatic heterocycles. The van der Waals surface area contributed by atoms with E-state index in [-0.39, 0.29) is 17.0 Å². The van der Waals surface area contributed by atoms with Crippen molar-refractivity contribution in [2.24, 2.45) is 0 Å². The molecule has 1 heterocycles. The summed E-state index contributed by atoms with van der Waals surface area (Å²) in [6.07, 6.45) is 0. The van der Waals surface area contributed by atoms with Crippen LogP contribution in [0.5, 0.6) is 11.6 Å². The number of rotatable bonds is 5. The second-order valence-electron chi connectivity index (χ2n) is 6.74. The summed E-state index contributed by atoms with van der Waals surface area (Å²) < 4.78 is 6.01. The highest BCUT2D eigenvalue weighted by atomic mass is 16.5. The van der Waals surface area contributed by atoms with Gasteiger partial charge in [0, 0.05) is 11.1 Å². The number of carbonyl (C=O) groups excluding carboxylic acids is 1. The molecule has 0 spiro atoms. The molecule has 0 aliphatic carbocycles. The summed E-state index contributed by atoms with van der Waals surface area (Å²) >= 11 is 0. The lowest BCUT2D eigenvalue weighted by Crippen LogP contribution is -2.14. The zero-order valence-corrected chi connectivity index (χ0v) is 16.1. The molecule has 0 bridgehead atoms. The summed E-state index contributed by atoms with van der Waals surface area (Å²) in [5, 5.41) is 12.6. The van der Waals surface area contributed by atoms with Crippen LogP contribution in [-0.2, 0) is 0 Å². The van der Waals surface area contributed by atoms with Crippen molar-refractivity contribution in [2.75, 3.05) is 5.32 Å². The number of aryl methyl sites for hydroxylation is 1. The van der Waals surface area contributed by atoms with Crippen LogP contribution < -0.4 is 10.1 Å². The number of benzene rings is 3. The normalized spacial score (nSPS) is 10.6. The molecule has 3 aromatic carbocycles. The van der Waals surface area contributed by atoms with Crippen molar-refractivity contribution >= 4 is 28.5 Å². The van der Waals surface area contributed by atoms with E-state index in [1.807, 2.05) is 55.5 Å². The van der Waals surface area contributed by atoms with Gasteiger partial charge in [-0.25, -0.2) is 9.78 Å². The van der Waals surface area contributed by atoms with Gasteiger partial charge in [-0.3, -0.25) is 4.79 Å². The van der Waals surface area contributed by atoms with Gasteiger partial charge in [-0.2, -0.15) is 0 Å². The molecule has 0 aliphatic rings. The van der Waals surface area contributed by atoms with Gasteiger partial charge < -0.3 is 15.2 Å². The Hall–Kier alpha value is -4.19. The minimum Gasteiger partial charge on any atom is -0.478 e. The van der Waals surface area contributed by atoms with Crippen molar-refractivity contribution < 1.29 is 19.4 Å². The van der Waals surface area contributed by atoms with Crippen molar-refractivity contribution in [2.45, 2.75) is 6.92 Å². The Morgan fingerprint density at radius 1 is 0.933 bits per heavy atom. The quantitative estimate of drug-likeness (QED) is 0.477. The summed E-state index contributed by atoms with van der Waals surface area (Å²) in [4.78, 5) is 28.6. The Balaban J connectivity index is 1.71. The molecule has 1 amide bonds. The number of carboxylic acids is 1. The fourth-order valence-electron chi connectivity index (χ4n) is 3.01. The van der Waals surface area contributed by atoms with Crippen LogP contribution in [0.25, 0.3) is 10.9 Å². The van der Waals surface area contributed by atoms with Gasteiger partial charge in [-0.15, -0.1) is 0 Å². The van der Waals surface area contributed by atoms with Crippen LogP contribution in [0.2, 0.25) is 0 Å². The third kappa shape index (κ3) is 3.98. The van der Waals surface area contributed by atoms with Crippen LogP contribution in [0.3, 0.4) is 0 Å². The number of hydrogen-bond acceptors (Lipinski definition) is 4. The highest BCUT2D eigenvalue weighted by Crippen LogP contribution is 2.29. The second kappa shape index (κ2) is 8.05. The Morgan fingerprint density at radius 2 is 1.63 bits per heavy atom. The van der Waals surface area contributed by atoms with E-state index in [1.54, 1.807) is 6.07 Å². The topological polar surface area (TPSA) is 88.5 Å². The second-order valence-corrected chi connectivity index (χ2v) is 6.74. The summed E-state index contributed by atoms with van der Waals surface area (Å²) in [7, 11) is 0. The zero-order chi connectivity index (χ0) is 21.1. The number of hydrogen-bond donors (Lipinski definition) is 2. The number of carboxylic acid groups (broad SMARTS) is 1. The van der Waals surface area contributed by atoms with Gasteiger partial charge in [-0.05, 0) is 55.0 Å². The number of pyridine rings is 1. The van der Waals surface area contributed by atoms with E-state index < -0.39 is 11.9 Å². The molecule has 0 saturated carbocycles. The number of nitrogens with one attached hydrogen (secondary N) is 1. The number of para-hydroxylation sites is 2. The standard InChI is InChI=1S/C24H18N2O4/c1-15-6-2-5-9-21(15)30-23-19(14-17-7-3-4-8-20(17)26-23)22(27)25-18-12-10-16(11-13-18)24(28)29/h2-14H,1H3,(H,25,27)(H,28,29). The van der Waals surface area contributed by atoms with Crippen LogP contribution in [0.15, 0.2) is 78.9 Å². The number of anilines is 1. The molecule has 2 N–H and O–H groups in total. The van der Waals surface area contributed by atoms with Crippen LogP contribution in [0.1, 0.15) is 26.3 Å². The Labute approximate surface area is 172 Å². The molecule has 4 aromatic rings. The molecule has 4 rings (SSSR count). The number of carbonyl (C=O) groups is 2. The molecule has 148 valence electrons. The zero-order valence-electron chi connectivity index (χ0n) is 16.1. The fraction of sp³-hybridized carbons (Fsp3) is 0.0417. The lowest BCUT2D eigenvalue weighted by Gasteiger charge is -2.13. The van der Waals surface area contributed by atoms with Crippen molar-refractivity contribution in [3.8, 4) is 11.6 Å². The van der Waals surface area contributed by atoms with Gasteiger partial charge in [0.2, 0.25) is 5.88 Å². The van der Waals surface area contributed by atoms with Gasteiger partial charge in [-0.1, -0.05) is 36.4 Å². The molecule has 0 fully saturated rings. The van der Waals surface area contributed by atoms with E-state index in [9.17, 15) is 9.59 Å². The van der Waals surface area contributed by atoms with Crippen LogP contribution in [-0.4, -0.2) is 22.0 Å². The Morgan fingerprint density at radius 3 is 2.37 bits per heavy atom. The van der Waals surface area contributed by atoms with Crippen molar-refractivity contribution in [1.29, 1.82) is 0 Å². The number of amides is 1. The Kier molecular flexibility index (Phi) is 5.13. The third-order valence-electron chi connectivity index (χ3n) is 4.62. The molecule has 30 heavy (non-hydrogen) atoms. The number of nitrogens with zero attached hydrogens (tertiary/aromatic N) is 1. The van der Waals surface area contributed by atoms with E-state index >= 15 is 0 Å². The maximum atomic E-state index is 13.0. The maximum Gasteiger partial charge on any atom is 0.335 e. The number of aromatic carboxylic acids is 1. The SMILES string of the molecule is Cc1ccccc1Oc1nc2ccccc2cc1C(=O)Nc1ccc(C(=O)O)cc1. The molecule has 0 unspecified atom stereocenters. The van der Waals surface area contributed by atoms with Crippen molar-refractivity contribution in [1.82, 2.24) is 4.98 Å². The minimum atomic E-state index is -1.03. The molecular formula is C24H18N2O4. The van der Waals surface area contributed by atoms with Gasteiger partial charge in [0.15, 0.2) is 0 Å². The van der Waals surface area contributed by atoms with Crippen molar-refractivity contribution in [3.63, 3.8) is 0 Å². The molecule has 0 radical (unpaired) electrons. The van der Waals surface area contributed by atoms with E-state index in [2.05, 4.69) is 10.3 Å². The molecule has 0 aliphatic heterocycles. The average molecular weight is 398 g/mol. The van der Waals surface area contributed by atoms with Crippen LogP contribution in [0, 0.1) is 6.92 Å². The van der Waals surface area contributed by atoms with E-state index in [0.717, 1.165) is 10.9 Å². The van der Waals surface area contributed by atoms with E-state index in [4.69, 9.17) is 9.84 Å². The monoisotopic (exact) mass is 398 g/mol. The highest BCUT2D eigenvalue weighted by molar-refractivity contribution is 6.08. The molecular weight excluding hydrogens is 380 g/mol. The number of fused-ring (bicyclic) bond motifs is 1. The number of aromatic nitrogens is 1. The highest BCUT2D eigenvalue weighted by Gasteiger charge is 2.18. The Bertz CT molecular complexity index is 1250. The first-order valence-corrected chi connectivity index (χ1v) is 9.29. The summed E-state index contributed by atoms with van der Waals surface area (Å²) in [5.74, 6) is -0.622. The minimum absolute atomic E-state index is 0.143. The van der Waals surface area contributed by atoms with Crippen molar-refractivity contribution in [3.05, 3.63) is 95.6 Å². The average Bonchev–Trinajstić information content (AvgIpc) is 2.75. The third-order valence-corrected chi connectivity index (χ3v) is 4.62. The lowest BCUT2D eigenvalue weighted by molar-refractivity contribution is 0.0696.